The van der Waals surface area contributed by atoms with E-state index >= 15 is 0 Å². The monoisotopic (exact) mass is 2090 g/mol. The molecule has 3 saturated heterocycles. The molecule has 6 aromatic rings. The predicted octanol–water partition coefficient (Wildman–Crippen LogP) is 19.1. The molecular formula is C113H153N6O25P3. The Morgan fingerprint density at radius 2 is 0.816 bits per heavy atom. The molecule has 6 aliphatic heterocycles. The third kappa shape index (κ3) is 25.0. The van der Waals surface area contributed by atoms with Crippen LogP contribution in [0.25, 0.3) is 32.3 Å². The van der Waals surface area contributed by atoms with Crippen LogP contribution in [-0.4, -0.2) is 228 Å². The third-order valence-electron chi connectivity index (χ3n) is 34.8. The van der Waals surface area contributed by atoms with Crippen molar-refractivity contribution in [2.45, 2.75) is 324 Å². The molecule has 6 aliphatic carbocycles. The van der Waals surface area contributed by atoms with Crippen LogP contribution in [0.15, 0.2) is 98.5 Å². The van der Waals surface area contributed by atoms with Crippen molar-refractivity contribution in [1.29, 1.82) is 0 Å². The quantitative estimate of drug-likeness (QED) is 0.0225. The fraction of sp³-hybridized carbons (Fsp3) is 0.646. The van der Waals surface area contributed by atoms with Gasteiger partial charge in [0, 0.05) is 86.6 Å². The molecule has 12 bridgehead atoms. The van der Waals surface area contributed by atoms with E-state index in [1.54, 1.807) is 66.8 Å². The number of esters is 3. The second-order valence-corrected chi connectivity index (χ2v) is 52.7. The van der Waals surface area contributed by atoms with Crippen LogP contribution in [0, 0.1) is 64.6 Å². The minimum atomic E-state index is -4.59. The number of aromatic nitrogens is 3. The average molecular weight is 2090 g/mol. The van der Waals surface area contributed by atoms with Crippen LogP contribution >= 0.6 is 22.3 Å². The summed E-state index contributed by atoms with van der Waals surface area (Å²) in [6.45, 7) is 19.6. The minimum Gasteiger partial charge on any atom is -0.496 e. The van der Waals surface area contributed by atoms with Crippen LogP contribution in [0.2, 0.25) is 0 Å². The topological polar surface area (TPSA) is 417 Å². The van der Waals surface area contributed by atoms with Crippen molar-refractivity contribution < 1.29 is 119 Å². The van der Waals surface area contributed by atoms with E-state index < -0.39 is 110 Å². The number of fused-ring (bicyclic) bond motifs is 9. The normalized spacial score (nSPS) is 30.3. The number of benzene rings is 3. The number of carbonyl (C=O) groups is 9. The van der Waals surface area contributed by atoms with Gasteiger partial charge in [-0.1, -0.05) is 104 Å². The summed E-state index contributed by atoms with van der Waals surface area (Å²) in [5.41, 5.74) is 2.76. The van der Waals surface area contributed by atoms with Crippen molar-refractivity contribution in [2.24, 2.45) is 64.6 Å². The molecular weight excluding hydrogens is 1930 g/mol. The van der Waals surface area contributed by atoms with Gasteiger partial charge in [-0.3, -0.25) is 56.8 Å². The summed E-state index contributed by atoms with van der Waals surface area (Å²) in [6.07, 6.45) is 30.4. The molecule has 0 radical (unpaired) electrons. The SMILES string of the molecule is C=CC1CC1(CC(=O)[C@@H]1C[C@@H]2CN1C(=O)[C@H](C1CCCCC1)CC(=O)OCC(C)(C)CCCc1cc3c(nccc3cc1OC)O2)P(C)(=O)O.C=CC1CC1(CC(=O)[C@@H]1C[C@@H]2CN1C(=O)[C@H](C1CCCCC1)CC(=O)OCCCCCc1cc3c(nccc3cc1OC)O2)P(C)(=O)O.CCC1CC1(CC(=O)[C@@H]1C[C@@H]2CN1C(=O)[C@H](C1CCCCC1)CC(=O)OC[C@H](C)CCCc1cc3c(nccc3cc1OC)O2)P(=O)(O)O. The molecule has 3 amide bonds. The predicted molar refractivity (Wildman–Crippen MR) is 557 cm³/mol. The second kappa shape index (κ2) is 46.8. The van der Waals surface area contributed by atoms with Gasteiger partial charge in [-0.2, -0.15) is 0 Å². The van der Waals surface area contributed by atoms with Gasteiger partial charge >= 0.3 is 25.5 Å². The lowest BCUT2D eigenvalue weighted by atomic mass is 9.77. The largest absolute Gasteiger partial charge is 0.496 e. The van der Waals surface area contributed by atoms with Crippen molar-refractivity contribution in [3.8, 4) is 34.9 Å². The van der Waals surface area contributed by atoms with Gasteiger partial charge in [0.1, 0.15) is 35.6 Å². The Kier molecular flexibility index (Phi) is 35.1. The summed E-state index contributed by atoms with van der Waals surface area (Å²) in [5, 5.41) is 1.62. The highest BCUT2D eigenvalue weighted by Gasteiger charge is 2.68. The van der Waals surface area contributed by atoms with Crippen LogP contribution in [0.3, 0.4) is 0 Å². The zero-order valence-electron chi connectivity index (χ0n) is 87.2. The van der Waals surface area contributed by atoms with Crippen LogP contribution in [0.4, 0.5) is 0 Å². The van der Waals surface area contributed by atoms with Crippen LogP contribution in [0.1, 0.15) is 269 Å². The number of hydrogen-bond acceptors (Lipinski definition) is 24. The lowest BCUT2D eigenvalue weighted by molar-refractivity contribution is -0.154. The summed E-state index contributed by atoms with van der Waals surface area (Å²) >= 11 is 0. The molecule has 8 unspecified atom stereocenters. The number of pyridine rings is 3. The van der Waals surface area contributed by atoms with E-state index in [9.17, 15) is 76.4 Å². The molecule has 147 heavy (non-hydrogen) atoms. The molecule has 6 saturated carbocycles. The summed E-state index contributed by atoms with van der Waals surface area (Å²) in [4.78, 5) is 187. The molecule has 31 nitrogen and oxygen atoms in total. The molecule has 18 atom stereocenters. The van der Waals surface area contributed by atoms with Gasteiger partial charge in [0.2, 0.25) is 50.1 Å². The highest BCUT2D eigenvalue weighted by Crippen LogP contribution is 2.74. The van der Waals surface area contributed by atoms with Crippen molar-refractivity contribution in [2.75, 3.05) is 74.1 Å². The molecule has 800 valence electrons. The van der Waals surface area contributed by atoms with Gasteiger partial charge in [0.15, 0.2) is 17.3 Å². The fourth-order valence-electron chi connectivity index (χ4n) is 25.8. The Balaban J connectivity index is 0.000000158. The maximum atomic E-state index is 14.7. The number of ketones is 3. The number of carbonyl (C=O) groups excluding carboxylic acids is 9. The highest BCUT2D eigenvalue weighted by atomic mass is 31.2. The molecule has 3 aromatic heterocycles. The standard InChI is InChI=1S/C39H53N2O8P.C37H51N2O9P.C37H49N2O8P/c1-6-28-21-39(28,50(5,45)46)22-33(42)32-19-29-23-41(32)37(44)31(25-11-8-7-9-12-25)20-35(43)48-24-38(2,3)15-10-13-27-17-30-26(18-34(27)47-4)14-16-40-36(30)49-29;1-4-27-19-37(27,49(43,44)45)20-32(40)31-17-28-21-39(31)36(42)30(24-10-6-5-7-11-24)18-34(41)47-22-23(2)9-8-12-26-15-29-25(16-33(26)46-3)13-14-38-35(29)48-28;1-4-27-21-37(27,48(3,43)44)22-32(40)31-19-28-23-39(31)36(42)30(24-11-7-5-8-12-24)20-34(41)46-16-10-6-9-13-26-17-29-25(18-33(26)45-2)14-15-38-35(29)47-28/h6,14,16-18,25,28-29,31-32H,1,7-13,15,19-24H2,2-5H3,(H,45,46);13-16,23-24,27-28,30-31H,4-12,17-22H2,1-3H3,(H2,43,44,45);4,14-15,17-18,24,27-28,30-31H,1,5-13,16,19-23H2,2-3H3,(H,43,44)/t28?,29-,31+,32+,39?;23-,27?,28-,30+,31+,37?;27?,28-,30+,31+,37?/m111/s1. The van der Waals surface area contributed by atoms with Gasteiger partial charge in [-0.25, -0.2) is 15.0 Å². The number of methoxy groups -OCH3 is 3. The number of nitrogens with zero attached hydrogens (tertiary/aromatic N) is 6. The summed E-state index contributed by atoms with van der Waals surface area (Å²) < 4.78 is 93.1. The lowest BCUT2D eigenvalue weighted by Crippen LogP contribution is -2.47. The first-order valence-corrected chi connectivity index (χ1v) is 59.8. The van der Waals surface area contributed by atoms with Crippen molar-refractivity contribution >= 4 is 108 Å². The zero-order valence-corrected chi connectivity index (χ0v) is 89.9. The van der Waals surface area contributed by atoms with E-state index in [2.05, 4.69) is 54.9 Å². The number of Topliss-reactive ketones (excluding diaryl/α,β-unsaturated/α-hetero) is 3. The van der Waals surface area contributed by atoms with Crippen LogP contribution in [-0.2, 0) is 90.3 Å². The number of allylic oxidation sites excluding steroid dienone is 2. The number of aryl methyl sites for hydroxylation is 3. The number of ether oxygens (including phenoxy) is 9. The van der Waals surface area contributed by atoms with Gasteiger partial charge in [0.25, 0.3) is 0 Å². The molecule has 0 spiro atoms. The third-order valence-corrected chi connectivity index (χ3v) is 41.3. The Hall–Kier alpha value is -9.47. The first-order chi connectivity index (χ1) is 70.2. The summed E-state index contributed by atoms with van der Waals surface area (Å²) in [7, 11) is -6.95. The van der Waals surface area contributed by atoms with Crippen LogP contribution in [0.5, 0.6) is 34.9 Å². The van der Waals surface area contributed by atoms with Crippen LogP contribution < -0.4 is 28.4 Å². The summed E-state index contributed by atoms with van der Waals surface area (Å²) in [6, 6.07) is 15.1. The van der Waals surface area contributed by atoms with E-state index in [-0.39, 0.29) is 179 Å². The maximum absolute atomic E-state index is 14.7. The summed E-state index contributed by atoms with van der Waals surface area (Å²) in [5.74, 6) is -1.82. The van der Waals surface area contributed by atoms with E-state index in [4.69, 9.17) is 42.6 Å². The smallest absolute Gasteiger partial charge is 0.332 e. The Labute approximate surface area is 863 Å². The first kappa shape index (κ1) is 110. The van der Waals surface area contributed by atoms with Crippen molar-refractivity contribution in [3.05, 3.63) is 115 Å². The Morgan fingerprint density at radius 3 is 1.16 bits per heavy atom. The van der Waals surface area contributed by atoms with Gasteiger partial charge < -0.3 is 76.9 Å². The van der Waals surface area contributed by atoms with Gasteiger partial charge in [-0.05, 0) is 256 Å². The number of rotatable bonds is 21. The Morgan fingerprint density at radius 1 is 0.463 bits per heavy atom. The number of hydrogen-bond donors (Lipinski definition) is 4. The number of amides is 3. The van der Waals surface area contributed by atoms with E-state index in [0.717, 1.165) is 220 Å². The maximum Gasteiger partial charge on any atom is 0.332 e. The average Bonchev–Trinajstić information content (AvgIpc) is 1.57. The Bertz CT molecular complexity index is 6020. The highest BCUT2D eigenvalue weighted by molar-refractivity contribution is 7.59. The molecule has 4 N–H and O–H groups in total. The molecule has 34 heteroatoms. The van der Waals surface area contributed by atoms with E-state index in [0.29, 0.717) is 49.9 Å². The molecule has 9 fully saturated rings. The van der Waals surface area contributed by atoms with E-state index in [1.807, 2.05) is 55.5 Å². The van der Waals surface area contributed by atoms with Gasteiger partial charge in [0.05, 0.1) is 131 Å². The zero-order chi connectivity index (χ0) is 105. The molecule has 12 aliphatic rings. The van der Waals surface area contributed by atoms with Gasteiger partial charge in [-0.15, -0.1) is 13.2 Å². The minimum absolute atomic E-state index is 0.000479. The van der Waals surface area contributed by atoms with Crippen molar-refractivity contribution in [1.82, 2.24) is 29.7 Å². The van der Waals surface area contributed by atoms with Crippen molar-refractivity contribution in [3.63, 3.8) is 0 Å². The fourth-order valence-corrected chi connectivity index (χ4v) is 30.7. The molecule has 9 heterocycles. The van der Waals surface area contributed by atoms with E-state index in [1.165, 1.54) is 13.3 Å². The number of cyclic esters (lactones) is 3. The lowest BCUT2D eigenvalue weighted by Gasteiger charge is -2.34. The second-order valence-electron chi connectivity index (χ2n) is 45.4. The molecule has 3 aromatic carbocycles. The first-order valence-electron chi connectivity index (χ1n) is 54.0. The molecule has 18 rings (SSSR count).